The number of hydrogen-bond acceptors (Lipinski definition) is 2. The molecule has 0 unspecified atom stereocenters. The van der Waals surface area contributed by atoms with Gasteiger partial charge in [0.25, 0.3) is 5.91 Å². The van der Waals surface area contributed by atoms with Crippen LogP contribution >= 0.6 is 15.9 Å². The lowest BCUT2D eigenvalue weighted by molar-refractivity contribution is 0.0968. The molecule has 0 fully saturated rings. The second kappa shape index (κ2) is 5.04. The summed E-state index contributed by atoms with van der Waals surface area (Å²) in [5.41, 5.74) is 3.10. The van der Waals surface area contributed by atoms with Gasteiger partial charge >= 0.3 is 0 Å². The Labute approximate surface area is 151 Å². The van der Waals surface area contributed by atoms with Crippen LogP contribution in [0.25, 0.3) is 28.0 Å². The minimum atomic E-state index is -0.267. The molecule has 4 aromatic rings. The molecule has 0 amide bonds. The van der Waals surface area contributed by atoms with E-state index in [1.165, 1.54) is 0 Å². The standard InChI is InChI=1S/C20H11BrN2O2/c21-12-7-9-13(10-8-12)23-15-5-2-1-4-14(15)19(24)17-18(23)16-6-3-11-22(16)20(17)25/h1-11H. The van der Waals surface area contributed by atoms with Gasteiger partial charge in [0.1, 0.15) is 5.56 Å². The fourth-order valence-electron chi connectivity index (χ4n) is 3.51. The number of nitrogens with zero attached hydrogens (tertiary/aromatic N) is 2. The summed E-state index contributed by atoms with van der Waals surface area (Å²) in [6, 6.07) is 18.9. The van der Waals surface area contributed by atoms with Crippen molar-refractivity contribution in [1.82, 2.24) is 9.13 Å². The van der Waals surface area contributed by atoms with Crippen LogP contribution in [0.2, 0.25) is 0 Å². The number of carbonyl (C=O) groups excluding carboxylic acids is 1. The Bertz CT molecular complexity index is 1230. The molecule has 5 rings (SSSR count). The largest absolute Gasteiger partial charge is 0.307 e. The first-order chi connectivity index (χ1) is 12.2. The highest BCUT2D eigenvalue weighted by molar-refractivity contribution is 9.10. The van der Waals surface area contributed by atoms with Gasteiger partial charge in [0.2, 0.25) is 5.43 Å². The Hall–Kier alpha value is -2.92. The van der Waals surface area contributed by atoms with Crippen molar-refractivity contribution in [2.75, 3.05) is 0 Å². The van der Waals surface area contributed by atoms with Gasteiger partial charge in [0.15, 0.2) is 0 Å². The van der Waals surface area contributed by atoms with Crippen LogP contribution in [0.3, 0.4) is 0 Å². The van der Waals surface area contributed by atoms with Crippen LogP contribution in [0, 0.1) is 0 Å². The van der Waals surface area contributed by atoms with Crippen molar-refractivity contribution < 1.29 is 4.79 Å². The molecule has 0 spiro atoms. The minimum Gasteiger partial charge on any atom is -0.307 e. The lowest BCUT2D eigenvalue weighted by atomic mass is 10.1. The van der Waals surface area contributed by atoms with Gasteiger partial charge in [0.05, 0.1) is 16.9 Å². The fraction of sp³-hybridized carbons (Fsp3) is 0. The third-order valence-electron chi connectivity index (χ3n) is 4.59. The number of para-hydroxylation sites is 1. The van der Waals surface area contributed by atoms with Crippen LogP contribution in [0.5, 0.6) is 0 Å². The number of carbonyl (C=O) groups is 1. The van der Waals surface area contributed by atoms with Crippen molar-refractivity contribution in [3.05, 3.63) is 87.1 Å². The molecule has 2 aromatic carbocycles. The van der Waals surface area contributed by atoms with Gasteiger partial charge < -0.3 is 4.57 Å². The first kappa shape index (κ1) is 14.4. The highest BCUT2D eigenvalue weighted by Crippen LogP contribution is 2.35. The number of fused-ring (bicyclic) bond motifs is 4. The molecule has 1 aliphatic rings. The summed E-state index contributed by atoms with van der Waals surface area (Å²) in [5, 5.41) is 0.545. The third-order valence-corrected chi connectivity index (χ3v) is 5.11. The summed E-state index contributed by atoms with van der Waals surface area (Å²) >= 11 is 3.45. The van der Waals surface area contributed by atoms with Gasteiger partial charge in [-0.15, -0.1) is 0 Å². The van der Waals surface area contributed by atoms with Gasteiger partial charge in [-0.3, -0.25) is 14.2 Å². The Balaban J connectivity index is 2.03. The summed E-state index contributed by atoms with van der Waals surface area (Å²) in [7, 11) is 0. The van der Waals surface area contributed by atoms with Crippen molar-refractivity contribution >= 4 is 32.7 Å². The maximum atomic E-state index is 13.0. The maximum absolute atomic E-state index is 13.0. The van der Waals surface area contributed by atoms with E-state index in [2.05, 4.69) is 15.9 Å². The summed E-state index contributed by atoms with van der Waals surface area (Å²) in [6.07, 6.45) is 1.70. The summed E-state index contributed by atoms with van der Waals surface area (Å²) < 4.78 is 4.51. The number of aromatic nitrogens is 2. The second-order valence-corrected chi connectivity index (χ2v) is 6.87. The molecule has 3 heterocycles. The van der Waals surface area contributed by atoms with Crippen LogP contribution in [0.1, 0.15) is 10.4 Å². The van der Waals surface area contributed by atoms with Crippen molar-refractivity contribution in [3.63, 3.8) is 0 Å². The van der Waals surface area contributed by atoms with Crippen molar-refractivity contribution in [2.24, 2.45) is 0 Å². The zero-order chi connectivity index (χ0) is 17.1. The van der Waals surface area contributed by atoms with E-state index in [9.17, 15) is 9.59 Å². The Morgan fingerprint density at radius 2 is 1.60 bits per heavy atom. The molecule has 4 nitrogen and oxygen atoms in total. The Morgan fingerprint density at radius 1 is 0.840 bits per heavy atom. The van der Waals surface area contributed by atoms with E-state index in [1.807, 2.05) is 59.2 Å². The summed E-state index contributed by atoms with van der Waals surface area (Å²) in [5.74, 6) is -0.267. The van der Waals surface area contributed by atoms with E-state index in [-0.39, 0.29) is 16.9 Å². The molecule has 0 atom stereocenters. The van der Waals surface area contributed by atoms with Crippen LogP contribution in [-0.4, -0.2) is 15.0 Å². The van der Waals surface area contributed by atoms with E-state index in [0.29, 0.717) is 11.1 Å². The van der Waals surface area contributed by atoms with Gasteiger partial charge in [-0.1, -0.05) is 28.1 Å². The van der Waals surface area contributed by atoms with Crippen molar-refractivity contribution in [2.45, 2.75) is 0 Å². The lowest BCUT2D eigenvalue weighted by Crippen LogP contribution is -2.19. The molecule has 2 aromatic heterocycles. The maximum Gasteiger partial charge on any atom is 0.268 e. The summed E-state index contributed by atoms with van der Waals surface area (Å²) in [6.45, 7) is 0. The predicted molar refractivity (Wildman–Crippen MR) is 100 cm³/mol. The topological polar surface area (TPSA) is 44.0 Å². The monoisotopic (exact) mass is 390 g/mol. The molecular weight excluding hydrogens is 380 g/mol. The van der Waals surface area contributed by atoms with Crippen molar-refractivity contribution in [3.8, 4) is 17.1 Å². The molecule has 0 bridgehead atoms. The highest BCUT2D eigenvalue weighted by Gasteiger charge is 2.33. The smallest absolute Gasteiger partial charge is 0.268 e. The summed E-state index contributed by atoms with van der Waals surface area (Å²) in [4.78, 5) is 25.8. The van der Waals surface area contributed by atoms with E-state index < -0.39 is 0 Å². The molecule has 0 saturated carbocycles. The first-order valence-corrected chi connectivity index (χ1v) is 8.62. The van der Waals surface area contributed by atoms with E-state index >= 15 is 0 Å². The average molecular weight is 391 g/mol. The van der Waals surface area contributed by atoms with Gasteiger partial charge in [-0.2, -0.15) is 0 Å². The number of pyridine rings is 1. The molecule has 0 aliphatic carbocycles. The quantitative estimate of drug-likeness (QED) is 0.430. The van der Waals surface area contributed by atoms with Gasteiger partial charge in [-0.25, -0.2) is 0 Å². The molecule has 1 aliphatic heterocycles. The molecule has 0 N–H and O–H groups in total. The highest BCUT2D eigenvalue weighted by atomic mass is 79.9. The second-order valence-electron chi connectivity index (χ2n) is 5.95. The minimum absolute atomic E-state index is 0.215. The zero-order valence-corrected chi connectivity index (χ0v) is 14.5. The number of rotatable bonds is 1. The average Bonchev–Trinajstić information content (AvgIpc) is 3.20. The predicted octanol–water partition coefficient (Wildman–Crippen LogP) is 4.22. The third kappa shape index (κ3) is 1.87. The fourth-order valence-corrected chi connectivity index (χ4v) is 3.77. The Kier molecular flexibility index (Phi) is 2.91. The van der Waals surface area contributed by atoms with Gasteiger partial charge in [-0.05, 0) is 48.5 Å². The number of benzene rings is 2. The number of halogens is 1. The molecule has 120 valence electrons. The zero-order valence-electron chi connectivity index (χ0n) is 12.9. The number of hydrogen-bond donors (Lipinski definition) is 0. The van der Waals surface area contributed by atoms with E-state index in [1.54, 1.807) is 16.8 Å². The first-order valence-electron chi connectivity index (χ1n) is 7.83. The lowest BCUT2D eigenvalue weighted by Gasteiger charge is -2.16. The van der Waals surface area contributed by atoms with Crippen LogP contribution in [0.4, 0.5) is 0 Å². The van der Waals surface area contributed by atoms with Gasteiger partial charge in [0, 0.05) is 21.7 Å². The SMILES string of the molecule is O=C1c2c(n(-c3ccc(Br)cc3)c3ccccc3c2=O)-c2cccn21. The van der Waals surface area contributed by atoms with E-state index in [0.717, 1.165) is 21.4 Å². The van der Waals surface area contributed by atoms with Crippen molar-refractivity contribution in [1.29, 1.82) is 0 Å². The van der Waals surface area contributed by atoms with Crippen LogP contribution < -0.4 is 5.43 Å². The molecule has 25 heavy (non-hydrogen) atoms. The van der Waals surface area contributed by atoms with Crippen LogP contribution in [-0.2, 0) is 0 Å². The normalized spacial score (nSPS) is 12.4. The molecular formula is C20H11BrN2O2. The molecule has 0 radical (unpaired) electrons. The van der Waals surface area contributed by atoms with E-state index in [4.69, 9.17) is 0 Å². The molecule has 5 heteroatoms. The Morgan fingerprint density at radius 3 is 2.40 bits per heavy atom. The van der Waals surface area contributed by atoms with Crippen LogP contribution in [0.15, 0.2) is 76.1 Å². The molecule has 0 saturated heterocycles.